The molecule has 0 aliphatic carbocycles. The number of methoxy groups -OCH3 is 1. The predicted octanol–water partition coefficient (Wildman–Crippen LogP) is 2.27. The van der Waals surface area contributed by atoms with Crippen LogP contribution in [0, 0.1) is 0 Å². The number of benzene rings is 1. The van der Waals surface area contributed by atoms with Crippen LogP contribution >= 0.6 is 22.6 Å². The van der Waals surface area contributed by atoms with Crippen LogP contribution in [0.1, 0.15) is 0 Å². The van der Waals surface area contributed by atoms with Crippen molar-refractivity contribution in [1.29, 1.82) is 0 Å². The summed E-state index contributed by atoms with van der Waals surface area (Å²) in [6, 6.07) is 5.66. The summed E-state index contributed by atoms with van der Waals surface area (Å²) in [6.07, 6.45) is 0.124. The topological polar surface area (TPSA) is 27.7 Å². The molecule has 1 aliphatic rings. The third kappa shape index (κ3) is 1.75. The first-order chi connectivity index (χ1) is 6.85. The van der Waals surface area contributed by atoms with Gasteiger partial charge < -0.3 is 14.2 Å². The molecule has 4 heteroatoms. The predicted molar refractivity (Wildman–Crippen MR) is 61.8 cm³/mol. The molecule has 1 aromatic carbocycles. The minimum atomic E-state index is 0.124. The summed E-state index contributed by atoms with van der Waals surface area (Å²) in [5, 5.41) is 0. The number of fused-ring (bicyclic) bond motifs is 1. The van der Waals surface area contributed by atoms with Gasteiger partial charge in [-0.15, -0.1) is 0 Å². The molecule has 14 heavy (non-hydrogen) atoms. The van der Waals surface area contributed by atoms with Gasteiger partial charge in [0.2, 0.25) is 5.75 Å². The fourth-order valence-corrected chi connectivity index (χ4v) is 1.78. The fourth-order valence-electron chi connectivity index (χ4n) is 1.35. The molecule has 0 N–H and O–H groups in total. The molecule has 0 radical (unpaired) electrons. The van der Waals surface area contributed by atoms with Crippen LogP contribution in [0.25, 0.3) is 0 Å². The molecule has 0 fully saturated rings. The first-order valence-corrected chi connectivity index (χ1v) is 5.90. The van der Waals surface area contributed by atoms with Gasteiger partial charge in [-0.3, -0.25) is 0 Å². The van der Waals surface area contributed by atoms with Crippen LogP contribution in [-0.2, 0) is 0 Å². The van der Waals surface area contributed by atoms with Crippen molar-refractivity contribution in [1.82, 2.24) is 0 Å². The number of hydrogen-bond acceptors (Lipinski definition) is 3. The van der Waals surface area contributed by atoms with Crippen LogP contribution in [-0.4, -0.2) is 24.2 Å². The molecule has 2 rings (SSSR count). The summed E-state index contributed by atoms with van der Waals surface area (Å²) < 4.78 is 17.4. The van der Waals surface area contributed by atoms with Crippen LogP contribution < -0.4 is 14.2 Å². The first-order valence-electron chi connectivity index (χ1n) is 4.37. The Morgan fingerprint density at radius 3 is 3.14 bits per heavy atom. The van der Waals surface area contributed by atoms with E-state index in [-0.39, 0.29) is 6.10 Å². The molecule has 1 aromatic rings. The van der Waals surface area contributed by atoms with E-state index in [1.54, 1.807) is 7.11 Å². The van der Waals surface area contributed by atoms with Gasteiger partial charge in [-0.1, -0.05) is 28.7 Å². The highest BCUT2D eigenvalue weighted by Crippen LogP contribution is 2.40. The van der Waals surface area contributed by atoms with Crippen LogP contribution in [0.3, 0.4) is 0 Å². The van der Waals surface area contributed by atoms with Gasteiger partial charge in [0.05, 0.1) is 7.11 Å². The largest absolute Gasteiger partial charge is 0.493 e. The molecular formula is C10H11IO3. The van der Waals surface area contributed by atoms with Gasteiger partial charge in [0.15, 0.2) is 11.5 Å². The molecule has 0 saturated heterocycles. The molecule has 0 unspecified atom stereocenters. The number of ether oxygens (including phenoxy) is 3. The van der Waals surface area contributed by atoms with Crippen molar-refractivity contribution >= 4 is 22.6 Å². The van der Waals surface area contributed by atoms with E-state index in [1.807, 2.05) is 18.2 Å². The van der Waals surface area contributed by atoms with Crippen LogP contribution in [0.4, 0.5) is 0 Å². The minimum Gasteiger partial charge on any atom is -0.493 e. The average Bonchev–Trinajstić information content (AvgIpc) is 2.27. The average molecular weight is 306 g/mol. The highest BCUT2D eigenvalue weighted by Gasteiger charge is 2.22. The lowest BCUT2D eigenvalue weighted by molar-refractivity contribution is 0.105. The maximum Gasteiger partial charge on any atom is 0.203 e. The summed E-state index contributed by atoms with van der Waals surface area (Å²) >= 11 is 2.28. The zero-order chi connectivity index (χ0) is 9.97. The van der Waals surface area contributed by atoms with E-state index in [2.05, 4.69) is 22.6 Å². The fraction of sp³-hybridized carbons (Fsp3) is 0.400. The Labute approximate surface area is 96.5 Å². The van der Waals surface area contributed by atoms with Gasteiger partial charge >= 0.3 is 0 Å². The molecule has 0 amide bonds. The zero-order valence-electron chi connectivity index (χ0n) is 7.83. The van der Waals surface area contributed by atoms with Crippen LogP contribution in [0.5, 0.6) is 17.2 Å². The highest BCUT2D eigenvalue weighted by molar-refractivity contribution is 14.1. The SMILES string of the molecule is COc1cccc2c1O[C@H](CI)CO2. The van der Waals surface area contributed by atoms with Crippen molar-refractivity contribution in [3.8, 4) is 17.2 Å². The van der Waals surface area contributed by atoms with Gasteiger partial charge in [-0.05, 0) is 12.1 Å². The second-order valence-corrected chi connectivity index (χ2v) is 3.87. The van der Waals surface area contributed by atoms with E-state index < -0.39 is 0 Å². The van der Waals surface area contributed by atoms with E-state index >= 15 is 0 Å². The highest BCUT2D eigenvalue weighted by atomic mass is 127. The van der Waals surface area contributed by atoms with Gasteiger partial charge in [0.25, 0.3) is 0 Å². The number of para-hydroxylation sites is 1. The number of hydrogen-bond donors (Lipinski definition) is 0. The molecule has 1 aliphatic heterocycles. The summed E-state index contributed by atoms with van der Waals surface area (Å²) in [4.78, 5) is 0. The second kappa shape index (κ2) is 4.25. The van der Waals surface area contributed by atoms with Crippen molar-refractivity contribution < 1.29 is 14.2 Å². The lowest BCUT2D eigenvalue weighted by atomic mass is 10.2. The summed E-state index contributed by atoms with van der Waals surface area (Å²) in [5.41, 5.74) is 0. The summed E-state index contributed by atoms with van der Waals surface area (Å²) in [6.45, 7) is 0.614. The van der Waals surface area contributed by atoms with E-state index in [4.69, 9.17) is 14.2 Å². The first kappa shape index (κ1) is 9.89. The van der Waals surface area contributed by atoms with Crippen molar-refractivity contribution in [2.45, 2.75) is 6.10 Å². The summed E-state index contributed by atoms with van der Waals surface area (Å²) in [7, 11) is 1.63. The van der Waals surface area contributed by atoms with Gasteiger partial charge in [0, 0.05) is 4.43 Å². The maximum absolute atomic E-state index is 5.75. The van der Waals surface area contributed by atoms with Gasteiger partial charge in [-0.25, -0.2) is 0 Å². The van der Waals surface area contributed by atoms with E-state index in [1.165, 1.54) is 0 Å². The van der Waals surface area contributed by atoms with Crippen molar-refractivity contribution in [3.63, 3.8) is 0 Å². The Hall–Kier alpha value is -0.650. The number of alkyl halides is 1. The molecule has 76 valence electrons. The molecule has 1 heterocycles. The molecule has 0 aromatic heterocycles. The van der Waals surface area contributed by atoms with E-state index in [9.17, 15) is 0 Å². The third-order valence-electron chi connectivity index (χ3n) is 2.04. The second-order valence-electron chi connectivity index (χ2n) is 2.99. The van der Waals surface area contributed by atoms with Crippen molar-refractivity contribution in [2.75, 3.05) is 18.1 Å². The Bertz CT molecular complexity index is 313. The quantitative estimate of drug-likeness (QED) is 0.620. The maximum atomic E-state index is 5.75. The molecule has 0 saturated carbocycles. The third-order valence-corrected chi connectivity index (χ3v) is 3.03. The Morgan fingerprint density at radius 1 is 1.57 bits per heavy atom. The van der Waals surface area contributed by atoms with Crippen molar-refractivity contribution in [3.05, 3.63) is 18.2 Å². The number of rotatable bonds is 2. The molecule has 3 nitrogen and oxygen atoms in total. The van der Waals surface area contributed by atoms with Gasteiger partial charge in [0.1, 0.15) is 12.7 Å². The Balaban J connectivity index is 2.33. The lowest BCUT2D eigenvalue weighted by Gasteiger charge is -2.26. The lowest BCUT2D eigenvalue weighted by Crippen LogP contribution is -2.30. The van der Waals surface area contributed by atoms with E-state index in [0.717, 1.165) is 21.7 Å². The standard InChI is InChI=1S/C10H11IO3/c1-12-8-3-2-4-9-10(8)14-7(5-11)6-13-9/h2-4,7H,5-6H2,1H3/t7-/m1/s1. The van der Waals surface area contributed by atoms with Gasteiger partial charge in [-0.2, -0.15) is 0 Å². The Kier molecular flexibility index (Phi) is 3.00. The van der Waals surface area contributed by atoms with E-state index in [0.29, 0.717) is 6.61 Å². The van der Waals surface area contributed by atoms with Crippen molar-refractivity contribution in [2.24, 2.45) is 0 Å². The molecule has 1 atom stereocenters. The van der Waals surface area contributed by atoms with Crippen LogP contribution in [0.2, 0.25) is 0 Å². The normalized spacial score (nSPS) is 19.1. The molecular weight excluding hydrogens is 295 g/mol. The monoisotopic (exact) mass is 306 g/mol. The number of halogens is 1. The Morgan fingerprint density at radius 2 is 2.43 bits per heavy atom. The smallest absolute Gasteiger partial charge is 0.203 e. The molecule has 0 bridgehead atoms. The minimum absolute atomic E-state index is 0.124. The zero-order valence-corrected chi connectivity index (χ0v) is 9.98. The summed E-state index contributed by atoms with van der Waals surface area (Å²) in [5.74, 6) is 2.23. The van der Waals surface area contributed by atoms with Crippen LogP contribution in [0.15, 0.2) is 18.2 Å². The molecule has 0 spiro atoms.